The zero-order valence-corrected chi connectivity index (χ0v) is 18.0. The normalized spacial score (nSPS) is 16.6. The Hall–Kier alpha value is -3.10. The highest BCUT2D eigenvalue weighted by atomic mass is 19.1. The molecule has 0 amide bonds. The minimum atomic E-state index is -1.50. The predicted octanol–water partition coefficient (Wildman–Crippen LogP) is 2.51. The average Bonchev–Trinajstić information content (AvgIpc) is 3.13. The van der Waals surface area contributed by atoms with E-state index in [0.717, 1.165) is 36.0 Å². The van der Waals surface area contributed by atoms with Gasteiger partial charge in [-0.25, -0.2) is 14.2 Å². The summed E-state index contributed by atoms with van der Waals surface area (Å²) in [4.78, 5) is 29.8. The van der Waals surface area contributed by atoms with Gasteiger partial charge in [0.25, 0.3) is 5.56 Å². The number of halogens is 1. The number of cyclic esters (lactones) is 1. The van der Waals surface area contributed by atoms with Crippen molar-refractivity contribution in [1.82, 2.24) is 14.9 Å². The quantitative estimate of drug-likeness (QED) is 0.368. The summed E-state index contributed by atoms with van der Waals surface area (Å²) in [5.74, 6) is -1.11. The van der Waals surface area contributed by atoms with Crippen LogP contribution in [0.2, 0.25) is 0 Å². The number of aromatic nitrogens is 2. The van der Waals surface area contributed by atoms with Crippen LogP contribution in [0.25, 0.3) is 22.3 Å². The molecule has 0 fully saturated rings. The van der Waals surface area contributed by atoms with E-state index in [-0.39, 0.29) is 29.1 Å². The fourth-order valence-electron chi connectivity index (χ4n) is 4.64. The number of nitrogens with zero attached hydrogens (tertiary/aromatic N) is 2. The van der Waals surface area contributed by atoms with Crippen LogP contribution >= 0.6 is 0 Å². The molecule has 1 aromatic carbocycles. The minimum Gasteiger partial charge on any atom is -0.458 e. The molecule has 4 heterocycles. The number of nitrogens with one attached hydrogen (secondary N) is 1. The Labute approximate surface area is 183 Å². The number of hydrogen-bond donors (Lipinski definition) is 2. The van der Waals surface area contributed by atoms with E-state index in [1.165, 1.54) is 6.07 Å². The van der Waals surface area contributed by atoms with Crippen molar-refractivity contribution in [2.75, 3.05) is 13.1 Å². The van der Waals surface area contributed by atoms with E-state index >= 15 is 0 Å². The number of aliphatic hydroxyl groups excluding tert-OH is 1. The van der Waals surface area contributed by atoms with Crippen LogP contribution in [0, 0.1) is 12.7 Å². The molecule has 2 aliphatic heterocycles. The number of aryl methyl sites for hydroxylation is 1. The highest BCUT2D eigenvalue weighted by Crippen LogP contribution is 2.38. The highest BCUT2D eigenvalue weighted by molar-refractivity contribution is 5.89. The summed E-state index contributed by atoms with van der Waals surface area (Å²) in [6.07, 6.45) is 0.230. The fourth-order valence-corrected chi connectivity index (χ4v) is 4.64. The monoisotopic (exact) mass is 437 g/mol. The van der Waals surface area contributed by atoms with Crippen molar-refractivity contribution in [3.8, 4) is 11.4 Å². The number of benzene rings is 1. The number of rotatable bonds is 5. The number of esters is 1. The van der Waals surface area contributed by atoms with Crippen LogP contribution < -0.4 is 10.9 Å². The first-order valence-corrected chi connectivity index (χ1v) is 10.8. The van der Waals surface area contributed by atoms with E-state index in [2.05, 4.69) is 12.2 Å². The molecule has 3 aromatic rings. The van der Waals surface area contributed by atoms with Gasteiger partial charge in [-0.1, -0.05) is 6.92 Å². The molecular weight excluding hydrogens is 413 g/mol. The van der Waals surface area contributed by atoms with E-state index in [4.69, 9.17) is 9.72 Å². The van der Waals surface area contributed by atoms with Gasteiger partial charge in [0.15, 0.2) is 6.10 Å². The lowest BCUT2D eigenvalue weighted by atomic mass is 9.96. The van der Waals surface area contributed by atoms with Crippen LogP contribution in [-0.4, -0.2) is 33.7 Å². The summed E-state index contributed by atoms with van der Waals surface area (Å²) in [7, 11) is 0. The molecule has 5 rings (SSSR count). The van der Waals surface area contributed by atoms with Crippen molar-refractivity contribution >= 4 is 16.9 Å². The Balaban J connectivity index is 1.72. The predicted molar refractivity (Wildman–Crippen MR) is 117 cm³/mol. The van der Waals surface area contributed by atoms with Crippen LogP contribution in [0.4, 0.5) is 4.39 Å². The molecule has 0 bridgehead atoms. The molecule has 0 saturated carbocycles. The lowest BCUT2D eigenvalue weighted by Crippen LogP contribution is -2.32. The molecule has 0 spiro atoms. The van der Waals surface area contributed by atoms with Gasteiger partial charge in [0.05, 0.1) is 29.0 Å². The molecule has 32 heavy (non-hydrogen) atoms. The number of fused-ring (bicyclic) bond motifs is 5. The molecule has 0 aliphatic carbocycles. The van der Waals surface area contributed by atoms with Gasteiger partial charge >= 0.3 is 5.97 Å². The van der Waals surface area contributed by atoms with Crippen molar-refractivity contribution < 1.29 is 19.0 Å². The van der Waals surface area contributed by atoms with Crippen molar-refractivity contribution in [2.45, 2.75) is 45.9 Å². The number of ether oxygens (including phenoxy) is 1. The Morgan fingerprint density at radius 1 is 1.25 bits per heavy atom. The third kappa shape index (κ3) is 3.13. The molecule has 1 atom stereocenters. The third-order valence-corrected chi connectivity index (χ3v) is 6.33. The van der Waals surface area contributed by atoms with Crippen molar-refractivity contribution in [2.24, 2.45) is 0 Å². The maximum atomic E-state index is 14.4. The number of pyridine rings is 2. The van der Waals surface area contributed by atoms with Crippen molar-refractivity contribution in [3.05, 3.63) is 62.2 Å². The van der Waals surface area contributed by atoms with E-state index in [9.17, 15) is 19.1 Å². The fraction of sp³-hybridized carbons (Fsp3) is 0.375. The first kappa shape index (κ1) is 20.8. The lowest BCUT2D eigenvalue weighted by Gasteiger charge is -2.21. The maximum Gasteiger partial charge on any atom is 0.340 e. The largest absolute Gasteiger partial charge is 0.458 e. The maximum absolute atomic E-state index is 14.4. The van der Waals surface area contributed by atoms with Crippen LogP contribution in [-0.2, 0) is 29.1 Å². The van der Waals surface area contributed by atoms with Gasteiger partial charge in [0.1, 0.15) is 12.4 Å². The van der Waals surface area contributed by atoms with Gasteiger partial charge in [-0.05, 0) is 56.1 Å². The molecule has 166 valence electrons. The smallest absolute Gasteiger partial charge is 0.340 e. The van der Waals surface area contributed by atoms with Crippen LogP contribution in [0.1, 0.15) is 47.3 Å². The van der Waals surface area contributed by atoms with Crippen molar-refractivity contribution in [3.63, 3.8) is 0 Å². The lowest BCUT2D eigenvalue weighted by molar-refractivity contribution is -0.157. The second kappa shape index (κ2) is 7.79. The van der Waals surface area contributed by atoms with Gasteiger partial charge in [-0.2, -0.15) is 0 Å². The van der Waals surface area contributed by atoms with E-state index < -0.39 is 12.1 Å². The van der Waals surface area contributed by atoms with E-state index in [0.29, 0.717) is 35.4 Å². The first-order chi connectivity index (χ1) is 15.4. The number of aliphatic hydroxyl groups is 1. The van der Waals surface area contributed by atoms with Crippen LogP contribution in [0.3, 0.4) is 0 Å². The molecule has 2 N–H and O–H groups in total. The van der Waals surface area contributed by atoms with Crippen LogP contribution in [0.15, 0.2) is 23.0 Å². The summed E-state index contributed by atoms with van der Waals surface area (Å²) < 4.78 is 20.9. The Kier molecular flexibility index (Phi) is 5.06. The second-order valence-corrected chi connectivity index (χ2v) is 8.40. The van der Waals surface area contributed by atoms with Crippen LogP contribution in [0.5, 0.6) is 0 Å². The Morgan fingerprint density at radius 2 is 2.06 bits per heavy atom. The topological polar surface area (TPSA) is 93.5 Å². The minimum absolute atomic E-state index is 0.158. The van der Waals surface area contributed by atoms with Gasteiger partial charge in [-0.15, -0.1) is 0 Å². The standard InChI is InChI=1S/C24H24FN3O4/c1-3-5-26-6-4-13-14-7-12(2)18(25)9-19(14)27-21-16(13)10-28-20(21)8-15-17(23(28)30)11-32-24(31)22(15)29/h7-9,22,26,29H,3-6,10-11H2,1-2H3/t22-/m0/s1. The third-order valence-electron chi connectivity index (χ3n) is 6.33. The highest BCUT2D eigenvalue weighted by Gasteiger charge is 2.34. The number of carbonyl (C=O) groups excluding carboxylic acids is 1. The first-order valence-electron chi connectivity index (χ1n) is 10.8. The average molecular weight is 437 g/mol. The zero-order chi connectivity index (χ0) is 22.6. The molecule has 0 saturated heterocycles. The molecular formula is C24H24FN3O4. The van der Waals surface area contributed by atoms with E-state index in [1.54, 1.807) is 17.6 Å². The molecule has 2 aliphatic rings. The van der Waals surface area contributed by atoms with Gasteiger partial charge in [-0.3, -0.25) is 4.79 Å². The van der Waals surface area contributed by atoms with Crippen molar-refractivity contribution in [1.29, 1.82) is 0 Å². The molecule has 0 radical (unpaired) electrons. The zero-order valence-electron chi connectivity index (χ0n) is 18.0. The summed E-state index contributed by atoms with van der Waals surface area (Å²) in [5.41, 5.74) is 4.39. The molecule has 8 heteroatoms. The number of hydrogen-bond acceptors (Lipinski definition) is 6. The molecule has 0 unspecified atom stereocenters. The summed E-state index contributed by atoms with van der Waals surface area (Å²) in [6, 6.07) is 4.90. The van der Waals surface area contributed by atoms with E-state index in [1.807, 2.05) is 6.07 Å². The Bertz CT molecular complexity index is 1330. The van der Waals surface area contributed by atoms with Gasteiger partial charge in [0.2, 0.25) is 0 Å². The SMILES string of the molecule is CCCNCCc1c2c(nc3cc(F)c(C)cc13)-c1cc3c(c(=O)n1C2)COC(=O)[C@H]3O. The summed E-state index contributed by atoms with van der Waals surface area (Å²) >= 11 is 0. The molecule has 2 aromatic heterocycles. The summed E-state index contributed by atoms with van der Waals surface area (Å²) in [6.45, 7) is 5.66. The second-order valence-electron chi connectivity index (χ2n) is 8.40. The molecule has 7 nitrogen and oxygen atoms in total. The van der Waals surface area contributed by atoms with Gasteiger partial charge < -0.3 is 19.7 Å². The Morgan fingerprint density at radius 3 is 2.84 bits per heavy atom. The number of carbonyl (C=O) groups is 1. The summed E-state index contributed by atoms with van der Waals surface area (Å²) in [5, 5.41) is 14.6. The van der Waals surface area contributed by atoms with Gasteiger partial charge in [0, 0.05) is 22.6 Å².